The second-order valence-electron chi connectivity index (χ2n) is 4.96. The van der Waals surface area contributed by atoms with Crippen LogP contribution in [-0.2, 0) is 9.59 Å². The van der Waals surface area contributed by atoms with Crippen LogP contribution in [0.5, 0.6) is 0 Å². The first-order valence-corrected chi connectivity index (χ1v) is 6.40. The van der Waals surface area contributed by atoms with Gasteiger partial charge in [0.15, 0.2) is 0 Å². The van der Waals surface area contributed by atoms with Crippen LogP contribution in [0.1, 0.15) is 20.3 Å². The molecule has 0 saturated heterocycles. The Kier molecular flexibility index (Phi) is 6.11. The second kappa shape index (κ2) is 7.59. The Hall–Kier alpha value is -1.95. The number of amides is 1. The van der Waals surface area contributed by atoms with E-state index in [1.165, 1.54) is 18.2 Å². The first-order valence-electron chi connectivity index (χ1n) is 6.40. The molecule has 0 heterocycles. The van der Waals surface area contributed by atoms with Crippen LogP contribution in [0, 0.1) is 11.7 Å². The molecule has 0 aliphatic carbocycles. The molecule has 0 spiro atoms. The second-order valence-corrected chi connectivity index (χ2v) is 4.96. The molecule has 0 aliphatic rings. The zero-order valence-electron chi connectivity index (χ0n) is 11.5. The maximum atomic E-state index is 12.9. The predicted octanol–water partition coefficient (Wildman–Crippen LogP) is 1.85. The van der Waals surface area contributed by atoms with Crippen LogP contribution >= 0.6 is 0 Å². The predicted molar refractivity (Wildman–Crippen MR) is 73.9 cm³/mol. The number of hydrogen-bond acceptors (Lipinski definition) is 3. The lowest BCUT2D eigenvalue weighted by molar-refractivity contribution is -0.139. The number of rotatable bonds is 7. The average molecular weight is 282 g/mol. The van der Waals surface area contributed by atoms with Crippen LogP contribution in [0.3, 0.4) is 0 Å². The van der Waals surface area contributed by atoms with Crippen molar-refractivity contribution >= 4 is 17.6 Å². The number of halogens is 1. The van der Waals surface area contributed by atoms with Gasteiger partial charge in [-0.3, -0.25) is 14.9 Å². The van der Waals surface area contributed by atoms with Gasteiger partial charge in [0, 0.05) is 5.69 Å². The van der Waals surface area contributed by atoms with Crippen molar-refractivity contribution in [1.82, 2.24) is 5.32 Å². The maximum Gasteiger partial charge on any atom is 0.320 e. The molecule has 1 amide bonds. The summed E-state index contributed by atoms with van der Waals surface area (Å²) in [5.74, 6) is -1.64. The largest absolute Gasteiger partial charge is 0.480 e. The van der Waals surface area contributed by atoms with Gasteiger partial charge in [-0.15, -0.1) is 0 Å². The smallest absolute Gasteiger partial charge is 0.320 e. The van der Waals surface area contributed by atoms with E-state index in [-0.39, 0.29) is 12.5 Å². The number of carbonyl (C=O) groups is 2. The number of anilines is 1. The van der Waals surface area contributed by atoms with Crippen LogP contribution < -0.4 is 10.6 Å². The topological polar surface area (TPSA) is 78.4 Å². The van der Waals surface area contributed by atoms with E-state index in [2.05, 4.69) is 10.6 Å². The van der Waals surface area contributed by atoms with E-state index in [1.807, 2.05) is 13.8 Å². The molecule has 0 aromatic heterocycles. The zero-order chi connectivity index (χ0) is 15.1. The van der Waals surface area contributed by atoms with Crippen molar-refractivity contribution in [2.24, 2.45) is 5.92 Å². The molecule has 1 atom stereocenters. The van der Waals surface area contributed by atoms with E-state index in [0.29, 0.717) is 12.1 Å². The lowest BCUT2D eigenvalue weighted by atomic mass is 10.0. The van der Waals surface area contributed by atoms with Gasteiger partial charge in [-0.25, -0.2) is 4.39 Å². The fraction of sp³-hybridized carbons (Fsp3) is 0.429. The summed E-state index contributed by atoms with van der Waals surface area (Å²) in [4.78, 5) is 22.7. The number of hydrogen-bond donors (Lipinski definition) is 3. The molecule has 0 bridgehead atoms. The molecular formula is C14H19FN2O3. The van der Waals surface area contributed by atoms with E-state index >= 15 is 0 Å². The van der Waals surface area contributed by atoms with Gasteiger partial charge in [-0.1, -0.05) is 19.9 Å². The van der Waals surface area contributed by atoms with Crippen molar-refractivity contribution in [3.63, 3.8) is 0 Å². The summed E-state index contributed by atoms with van der Waals surface area (Å²) in [7, 11) is 0. The SMILES string of the molecule is CC(C)CC(NCC(=O)Nc1cccc(F)c1)C(=O)O. The Morgan fingerprint density at radius 2 is 2.05 bits per heavy atom. The molecule has 3 N–H and O–H groups in total. The summed E-state index contributed by atoms with van der Waals surface area (Å²) in [6, 6.07) is 4.74. The fourth-order valence-corrected chi connectivity index (χ4v) is 1.73. The lowest BCUT2D eigenvalue weighted by Crippen LogP contribution is -2.42. The quantitative estimate of drug-likeness (QED) is 0.713. The molecule has 1 unspecified atom stereocenters. The normalized spacial score (nSPS) is 12.2. The molecule has 6 heteroatoms. The van der Waals surface area contributed by atoms with Crippen molar-refractivity contribution in [2.45, 2.75) is 26.3 Å². The highest BCUT2D eigenvalue weighted by Crippen LogP contribution is 2.09. The van der Waals surface area contributed by atoms with E-state index in [4.69, 9.17) is 5.11 Å². The highest BCUT2D eigenvalue weighted by atomic mass is 19.1. The van der Waals surface area contributed by atoms with Gasteiger partial charge >= 0.3 is 5.97 Å². The van der Waals surface area contributed by atoms with Crippen LogP contribution in [0.4, 0.5) is 10.1 Å². The molecule has 5 nitrogen and oxygen atoms in total. The van der Waals surface area contributed by atoms with Crippen molar-refractivity contribution in [3.8, 4) is 0 Å². The van der Waals surface area contributed by atoms with Crippen LogP contribution in [-0.4, -0.2) is 29.6 Å². The van der Waals surface area contributed by atoms with Gasteiger partial charge < -0.3 is 10.4 Å². The van der Waals surface area contributed by atoms with Gasteiger partial charge in [-0.2, -0.15) is 0 Å². The summed E-state index contributed by atoms with van der Waals surface area (Å²) in [6.07, 6.45) is 0.433. The Bertz CT molecular complexity index is 477. The van der Waals surface area contributed by atoms with Crippen molar-refractivity contribution in [2.75, 3.05) is 11.9 Å². The summed E-state index contributed by atoms with van der Waals surface area (Å²) in [6.45, 7) is 3.68. The number of carboxylic acids is 1. The minimum atomic E-state index is -0.989. The highest BCUT2D eigenvalue weighted by molar-refractivity contribution is 5.92. The maximum absolute atomic E-state index is 12.9. The molecule has 1 aromatic rings. The minimum absolute atomic E-state index is 0.139. The molecular weight excluding hydrogens is 263 g/mol. The van der Waals surface area contributed by atoms with Crippen molar-refractivity contribution in [3.05, 3.63) is 30.1 Å². The summed E-state index contributed by atoms with van der Waals surface area (Å²) in [5.41, 5.74) is 0.340. The molecule has 1 rings (SSSR count). The Morgan fingerprint density at radius 1 is 1.35 bits per heavy atom. The first-order chi connectivity index (χ1) is 9.38. The Labute approximate surface area is 117 Å². The average Bonchev–Trinajstić information content (AvgIpc) is 2.33. The summed E-state index contributed by atoms with van der Waals surface area (Å²) < 4.78 is 12.9. The van der Waals surface area contributed by atoms with Gasteiger partial charge in [0.2, 0.25) is 5.91 Å². The van der Waals surface area contributed by atoms with E-state index in [0.717, 1.165) is 0 Å². The van der Waals surface area contributed by atoms with Crippen molar-refractivity contribution in [1.29, 1.82) is 0 Å². The number of benzene rings is 1. The third kappa shape index (κ3) is 5.79. The number of nitrogens with one attached hydrogen (secondary N) is 2. The third-order valence-electron chi connectivity index (χ3n) is 2.62. The molecule has 0 saturated carbocycles. The Balaban J connectivity index is 2.47. The molecule has 0 fully saturated rings. The van der Waals surface area contributed by atoms with E-state index in [1.54, 1.807) is 6.07 Å². The van der Waals surface area contributed by atoms with Crippen LogP contribution in [0.25, 0.3) is 0 Å². The van der Waals surface area contributed by atoms with Crippen LogP contribution in [0.2, 0.25) is 0 Å². The molecule has 0 aliphatic heterocycles. The van der Waals surface area contributed by atoms with Crippen molar-refractivity contribution < 1.29 is 19.1 Å². The van der Waals surface area contributed by atoms with Gasteiger partial charge in [0.1, 0.15) is 11.9 Å². The first kappa shape index (κ1) is 16.1. The van der Waals surface area contributed by atoms with Gasteiger partial charge in [0.05, 0.1) is 6.54 Å². The van der Waals surface area contributed by atoms with Crippen LogP contribution in [0.15, 0.2) is 24.3 Å². The summed E-state index contributed by atoms with van der Waals surface area (Å²) in [5, 5.41) is 14.2. The Morgan fingerprint density at radius 3 is 2.60 bits per heavy atom. The number of carbonyl (C=O) groups excluding carboxylic acids is 1. The summed E-state index contributed by atoms with van der Waals surface area (Å²) >= 11 is 0. The van der Waals surface area contributed by atoms with Gasteiger partial charge in [0.25, 0.3) is 0 Å². The van der Waals surface area contributed by atoms with E-state index < -0.39 is 23.7 Å². The monoisotopic (exact) mass is 282 g/mol. The minimum Gasteiger partial charge on any atom is -0.480 e. The molecule has 0 radical (unpaired) electrons. The molecule has 20 heavy (non-hydrogen) atoms. The third-order valence-corrected chi connectivity index (χ3v) is 2.62. The molecule has 1 aromatic carbocycles. The van der Waals surface area contributed by atoms with Gasteiger partial charge in [-0.05, 0) is 30.5 Å². The zero-order valence-corrected chi connectivity index (χ0v) is 11.5. The van der Waals surface area contributed by atoms with E-state index in [9.17, 15) is 14.0 Å². The lowest BCUT2D eigenvalue weighted by Gasteiger charge is -2.16. The fourth-order valence-electron chi connectivity index (χ4n) is 1.73. The standard InChI is InChI=1S/C14H19FN2O3/c1-9(2)6-12(14(19)20)16-8-13(18)17-11-5-3-4-10(15)7-11/h3-5,7,9,12,16H,6,8H2,1-2H3,(H,17,18)(H,19,20). The highest BCUT2D eigenvalue weighted by Gasteiger charge is 2.19. The number of aliphatic carboxylic acids is 1. The number of carboxylic acid groups (broad SMARTS) is 1. The molecule has 110 valence electrons.